The second-order valence-corrected chi connectivity index (χ2v) is 14.1. The number of fused-ring (bicyclic) bond motifs is 2. The smallest absolute Gasteiger partial charge is 0.320 e. The Morgan fingerprint density at radius 2 is 1.88 bits per heavy atom. The van der Waals surface area contributed by atoms with Crippen molar-refractivity contribution < 1.29 is 19.4 Å². The maximum atomic E-state index is 13.3. The van der Waals surface area contributed by atoms with Gasteiger partial charge in [0, 0.05) is 35.7 Å². The van der Waals surface area contributed by atoms with Gasteiger partial charge in [0.25, 0.3) is 0 Å². The van der Waals surface area contributed by atoms with Gasteiger partial charge >= 0.3 is 6.03 Å². The van der Waals surface area contributed by atoms with E-state index >= 15 is 0 Å². The molecule has 2 aliphatic rings. The van der Waals surface area contributed by atoms with E-state index in [0.717, 1.165) is 60.6 Å². The number of aliphatic imine (C=N–C) groups is 1. The molecule has 0 saturated carbocycles. The first kappa shape index (κ1) is 34.9. The molecule has 12 heteroatoms. The number of pyridine rings is 1. The van der Waals surface area contributed by atoms with Crippen LogP contribution in [0.15, 0.2) is 83.6 Å². The van der Waals surface area contributed by atoms with Crippen molar-refractivity contribution >= 4 is 23.2 Å². The van der Waals surface area contributed by atoms with Gasteiger partial charge in [0.1, 0.15) is 30.0 Å². The third-order valence-electron chi connectivity index (χ3n) is 9.39. The number of hydrogen-bond acceptors (Lipinski definition) is 9. The third-order valence-corrected chi connectivity index (χ3v) is 9.39. The van der Waals surface area contributed by atoms with Gasteiger partial charge in [-0.15, -0.1) is 10.2 Å². The van der Waals surface area contributed by atoms with Crippen LogP contribution < -0.4 is 25.8 Å². The number of aromatic nitrogens is 3. The largest absolute Gasteiger partial charge is 0.491 e. The number of hydrogen-bond donors (Lipinski definition) is 4. The minimum absolute atomic E-state index is 0.0931. The van der Waals surface area contributed by atoms with Crippen LogP contribution in [0.5, 0.6) is 11.5 Å². The first-order chi connectivity index (χ1) is 24.1. The highest BCUT2D eigenvalue weighted by atomic mass is 16.5. The number of aliphatic hydroxyl groups excluding tert-OH is 1. The predicted molar refractivity (Wildman–Crippen MR) is 194 cm³/mol. The number of rotatable bonds is 10. The average molecular weight is 681 g/mol. The first-order valence-corrected chi connectivity index (χ1v) is 17.3. The molecule has 12 nitrogen and oxygen atoms in total. The summed E-state index contributed by atoms with van der Waals surface area (Å²) in [6.45, 7) is 7.57. The SMILES string of the molecule is CN1CCC[C@H]1c1nnc2ccc(O[C@@H]3CCC(CNC(=O)NC(/C=C(\N)C(C)(C)C)=Nc4cccc(OCCO)c4)c4ccccc43)cn12. The molecule has 264 valence electrons. The van der Waals surface area contributed by atoms with E-state index in [1.54, 1.807) is 24.3 Å². The molecule has 2 amide bonds. The number of aliphatic hydroxyl groups is 1. The van der Waals surface area contributed by atoms with Crippen LogP contribution in [0.4, 0.5) is 10.5 Å². The van der Waals surface area contributed by atoms with E-state index in [9.17, 15) is 4.79 Å². The summed E-state index contributed by atoms with van der Waals surface area (Å²) < 4.78 is 14.2. The van der Waals surface area contributed by atoms with Gasteiger partial charge in [-0.3, -0.25) is 14.6 Å². The second-order valence-electron chi connectivity index (χ2n) is 14.1. The zero-order valence-electron chi connectivity index (χ0n) is 29.3. The van der Waals surface area contributed by atoms with Gasteiger partial charge in [-0.05, 0) is 74.7 Å². The summed E-state index contributed by atoms with van der Waals surface area (Å²) in [6.07, 6.45) is 7.43. The number of likely N-dealkylation sites (tertiary alicyclic amines) is 1. The topological polar surface area (TPSA) is 152 Å². The number of nitrogens with two attached hydrogens (primary N) is 1. The number of amides is 2. The molecule has 1 aliphatic carbocycles. The van der Waals surface area contributed by atoms with Crippen LogP contribution in [0, 0.1) is 5.41 Å². The summed E-state index contributed by atoms with van der Waals surface area (Å²) in [5.74, 6) is 2.70. The van der Waals surface area contributed by atoms with Gasteiger partial charge in [0.05, 0.1) is 24.5 Å². The van der Waals surface area contributed by atoms with Crippen LogP contribution in [0.2, 0.25) is 0 Å². The van der Waals surface area contributed by atoms with Crippen molar-refractivity contribution in [1.82, 2.24) is 30.1 Å². The van der Waals surface area contributed by atoms with Gasteiger partial charge < -0.3 is 25.6 Å². The number of amidine groups is 1. The molecule has 5 N–H and O–H groups in total. The normalized spacial score (nSPS) is 20.1. The molecule has 1 unspecified atom stereocenters. The Balaban J connectivity index is 1.14. The lowest BCUT2D eigenvalue weighted by molar-refractivity contribution is 0.175. The van der Waals surface area contributed by atoms with E-state index in [1.165, 1.54) is 0 Å². The Bertz CT molecular complexity index is 1860. The fourth-order valence-corrected chi connectivity index (χ4v) is 6.54. The zero-order chi connectivity index (χ0) is 35.3. The summed E-state index contributed by atoms with van der Waals surface area (Å²) in [5, 5.41) is 24.0. The third kappa shape index (κ3) is 8.26. The molecule has 0 spiro atoms. The van der Waals surface area contributed by atoms with E-state index in [1.807, 2.05) is 57.3 Å². The van der Waals surface area contributed by atoms with E-state index in [-0.39, 0.29) is 42.7 Å². The lowest BCUT2D eigenvalue weighted by Gasteiger charge is -2.32. The number of urea groups is 1. The summed E-state index contributed by atoms with van der Waals surface area (Å²) in [5.41, 5.74) is 10.3. The number of nitrogens with one attached hydrogen (secondary N) is 2. The molecule has 6 rings (SSSR count). The second kappa shape index (κ2) is 15.3. The molecule has 2 aromatic carbocycles. The van der Waals surface area contributed by atoms with Crippen molar-refractivity contribution in [1.29, 1.82) is 0 Å². The summed E-state index contributed by atoms with van der Waals surface area (Å²) in [4.78, 5) is 20.3. The number of benzene rings is 2. The fraction of sp³-hybridized carbons (Fsp3) is 0.421. The van der Waals surface area contributed by atoms with Gasteiger partial charge in [0.2, 0.25) is 0 Å². The van der Waals surface area contributed by atoms with Crippen LogP contribution in [0.25, 0.3) is 5.65 Å². The minimum Gasteiger partial charge on any atom is -0.491 e. The molecule has 4 aromatic rings. The van der Waals surface area contributed by atoms with Crippen molar-refractivity contribution in [2.45, 2.75) is 64.5 Å². The molecular formula is C38H48N8O4. The lowest BCUT2D eigenvalue weighted by atomic mass is 9.81. The molecule has 3 atom stereocenters. The average Bonchev–Trinajstić information content (AvgIpc) is 3.71. The van der Waals surface area contributed by atoms with Gasteiger partial charge in [-0.1, -0.05) is 51.1 Å². The number of nitrogens with zero attached hydrogens (tertiary/aromatic N) is 5. The predicted octanol–water partition coefficient (Wildman–Crippen LogP) is 5.78. The van der Waals surface area contributed by atoms with E-state index < -0.39 is 0 Å². The number of carbonyl (C=O) groups excluding carboxylic acids is 1. The highest BCUT2D eigenvalue weighted by Gasteiger charge is 2.30. The number of allylic oxidation sites excluding steroid dienone is 1. The highest BCUT2D eigenvalue weighted by Crippen LogP contribution is 2.40. The van der Waals surface area contributed by atoms with Crippen LogP contribution in [-0.4, -0.2) is 69.8 Å². The molecule has 0 radical (unpaired) electrons. The lowest BCUT2D eigenvalue weighted by Crippen LogP contribution is -2.41. The maximum absolute atomic E-state index is 13.3. The molecule has 1 aliphatic heterocycles. The standard InChI is InChI=1S/C38H48N8O4/c1-38(2,3)33(39)22-34(41-26-9-7-10-27(21-26)49-20-19-47)42-37(48)40-23-25-14-16-32(30-12-6-5-11-29(25)30)50-28-15-17-35-43-44-36(46(35)24-28)31-13-8-18-45(31)4/h5-7,9-12,15,17,21-22,24-25,31-32,47H,8,13-14,16,18-20,23,39H2,1-4H3,(H2,40,41,42,48)/b33-22-/t25?,31-,32+/m0/s1. The summed E-state index contributed by atoms with van der Waals surface area (Å²) in [6, 6.07) is 19.2. The molecule has 50 heavy (non-hydrogen) atoms. The molecule has 2 aromatic heterocycles. The molecule has 1 saturated heterocycles. The Morgan fingerprint density at radius 3 is 2.64 bits per heavy atom. The number of ether oxygens (including phenoxy) is 2. The van der Waals surface area contributed by atoms with Crippen molar-refractivity contribution in [3.63, 3.8) is 0 Å². The quantitative estimate of drug-likeness (QED) is 0.122. The van der Waals surface area contributed by atoms with Crippen molar-refractivity contribution in [2.24, 2.45) is 16.1 Å². The van der Waals surface area contributed by atoms with E-state index in [4.69, 9.17) is 20.3 Å². The fourth-order valence-electron chi connectivity index (χ4n) is 6.54. The molecular weight excluding hydrogens is 632 g/mol. The number of carbonyl (C=O) groups is 1. The van der Waals surface area contributed by atoms with Crippen LogP contribution in [0.1, 0.15) is 81.5 Å². The molecule has 0 bridgehead atoms. The Morgan fingerprint density at radius 1 is 1.06 bits per heavy atom. The van der Waals surface area contributed by atoms with E-state index in [2.05, 4.69) is 54.3 Å². The van der Waals surface area contributed by atoms with Crippen molar-refractivity contribution in [3.8, 4) is 11.5 Å². The summed E-state index contributed by atoms with van der Waals surface area (Å²) in [7, 11) is 2.14. The Kier molecular flexibility index (Phi) is 10.7. The van der Waals surface area contributed by atoms with Gasteiger partial charge in [-0.25, -0.2) is 9.79 Å². The van der Waals surface area contributed by atoms with Crippen LogP contribution in [0.3, 0.4) is 0 Å². The molecule has 1 fully saturated rings. The van der Waals surface area contributed by atoms with Crippen LogP contribution >= 0.6 is 0 Å². The zero-order valence-corrected chi connectivity index (χ0v) is 29.3. The van der Waals surface area contributed by atoms with Crippen molar-refractivity contribution in [2.75, 3.05) is 33.4 Å². The Labute approximate surface area is 293 Å². The highest BCUT2D eigenvalue weighted by molar-refractivity contribution is 6.05. The van der Waals surface area contributed by atoms with Gasteiger partial charge in [0.15, 0.2) is 11.5 Å². The van der Waals surface area contributed by atoms with Crippen LogP contribution in [-0.2, 0) is 0 Å². The van der Waals surface area contributed by atoms with Crippen molar-refractivity contribution in [3.05, 3.63) is 95.6 Å². The minimum atomic E-state index is -0.379. The maximum Gasteiger partial charge on any atom is 0.320 e. The molecule has 3 heterocycles. The Hall–Kier alpha value is -4.94. The monoisotopic (exact) mass is 680 g/mol. The van der Waals surface area contributed by atoms with E-state index in [0.29, 0.717) is 29.5 Å². The first-order valence-electron chi connectivity index (χ1n) is 17.3. The summed E-state index contributed by atoms with van der Waals surface area (Å²) >= 11 is 0. The van der Waals surface area contributed by atoms with Gasteiger partial charge in [-0.2, -0.15) is 0 Å².